The first kappa shape index (κ1) is 14.1. The summed E-state index contributed by atoms with van der Waals surface area (Å²) in [5.74, 6) is -0.426. The third-order valence-corrected chi connectivity index (χ3v) is 3.72. The molecule has 0 radical (unpaired) electrons. The highest BCUT2D eigenvalue weighted by Crippen LogP contribution is 2.38. The molecule has 1 saturated carbocycles. The molecule has 2 rings (SSSR count). The number of carboxylic acids is 1. The summed E-state index contributed by atoms with van der Waals surface area (Å²) >= 11 is 0. The second-order valence-corrected chi connectivity index (χ2v) is 5.63. The van der Waals surface area contributed by atoms with Crippen LogP contribution in [0.4, 0.5) is 4.79 Å². The SMILES string of the molecule is CC(C)N(CC(=O)O)C(=O)NC1CCOC1C1CC1. The van der Waals surface area contributed by atoms with Crippen molar-refractivity contribution in [2.24, 2.45) is 5.92 Å². The summed E-state index contributed by atoms with van der Waals surface area (Å²) in [6.45, 7) is 4.02. The maximum absolute atomic E-state index is 12.2. The number of ether oxygens (including phenoxy) is 1. The van der Waals surface area contributed by atoms with Crippen LogP contribution in [0.5, 0.6) is 0 Å². The van der Waals surface area contributed by atoms with E-state index >= 15 is 0 Å². The average molecular weight is 270 g/mol. The Morgan fingerprint density at radius 2 is 2.05 bits per heavy atom. The van der Waals surface area contributed by atoms with Crippen molar-refractivity contribution in [1.82, 2.24) is 10.2 Å². The van der Waals surface area contributed by atoms with Crippen molar-refractivity contribution in [1.29, 1.82) is 0 Å². The third kappa shape index (κ3) is 3.59. The Bertz CT molecular complexity index is 355. The van der Waals surface area contributed by atoms with Gasteiger partial charge < -0.3 is 20.1 Å². The second-order valence-electron chi connectivity index (χ2n) is 5.63. The molecule has 0 aromatic carbocycles. The quantitative estimate of drug-likeness (QED) is 0.783. The molecular weight excluding hydrogens is 248 g/mol. The van der Waals surface area contributed by atoms with Gasteiger partial charge in [0.1, 0.15) is 6.54 Å². The van der Waals surface area contributed by atoms with Gasteiger partial charge in [-0.2, -0.15) is 0 Å². The predicted octanol–water partition coefficient (Wildman–Crippen LogP) is 1.06. The van der Waals surface area contributed by atoms with Gasteiger partial charge >= 0.3 is 12.0 Å². The molecular formula is C13H22N2O4. The highest BCUT2D eigenvalue weighted by atomic mass is 16.5. The van der Waals surface area contributed by atoms with E-state index in [1.54, 1.807) is 0 Å². The molecule has 2 unspecified atom stereocenters. The number of carbonyl (C=O) groups excluding carboxylic acids is 1. The van der Waals surface area contributed by atoms with E-state index in [4.69, 9.17) is 9.84 Å². The fourth-order valence-electron chi connectivity index (χ4n) is 2.53. The van der Waals surface area contributed by atoms with Crippen LogP contribution >= 0.6 is 0 Å². The maximum atomic E-state index is 12.2. The molecule has 0 bridgehead atoms. The second kappa shape index (κ2) is 5.77. The van der Waals surface area contributed by atoms with Crippen molar-refractivity contribution in [3.05, 3.63) is 0 Å². The lowest BCUT2D eigenvalue weighted by Gasteiger charge is -2.28. The van der Waals surface area contributed by atoms with E-state index in [2.05, 4.69) is 5.32 Å². The number of hydrogen-bond acceptors (Lipinski definition) is 3. The normalized spacial score (nSPS) is 26.5. The molecule has 1 aliphatic carbocycles. The van der Waals surface area contributed by atoms with Crippen molar-refractivity contribution in [3.8, 4) is 0 Å². The summed E-state index contributed by atoms with van der Waals surface area (Å²) in [5.41, 5.74) is 0. The summed E-state index contributed by atoms with van der Waals surface area (Å²) < 4.78 is 5.66. The standard InChI is InChI=1S/C13H22N2O4/c1-8(2)15(7-11(16)17)13(18)14-10-5-6-19-12(10)9-3-4-9/h8-10,12H,3-7H2,1-2H3,(H,14,18)(H,16,17). The molecule has 2 N–H and O–H groups in total. The Balaban J connectivity index is 1.92. The number of urea groups is 1. The summed E-state index contributed by atoms with van der Waals surface area (Å²) in [5, 5.41) is 11.8. The minimum Gasteiger partial charge on any atom is -0.480 e. The van der Waals surface area contributed by atoms with Gasteiger partial charge in [0.15, 0.2) is 0 Å². The van der Waals surface area contributed by atoms with Gasteiger partial charge in [-0.05, 0) is 39.0 Å². The Morgan fingerprint density at radius 3 is 2.58 bits per heavy atom. The zero-order chi connectivity index (χ0) is 14.0. The van der Waals surface area contributed by atoms with Crippen LogP contribution in [0.3, 0.4) is 0 Å². The van der Waals surface area contributed by atoms with Gasteiger partial charge in [-0.3, -0.25) is 4.79 Å². The fourth-order valence-corrected chi connectivity index (χ4v) is 2.53. The van der Waals surface area contributed by atoms with Gasteiger partial charge in [0.2, 0.25) is 0 Å². The molecule has 2 aliphatic rings. The van der Waals surface area contributed by atoms with E-state index in [0.29, 0.717) is 12.5 Å². The molecule has 6 heteroatoms. The van der Waals surface area contributed by atoms with E-state index in [9.17, 15) is 9.59 Å². The number of amides is 2. The number of rotatable bonds is 5. The Hall–Kier alpha value is -1.30. The molecule has 6 nitrogen and oxygen atoms in total. The monoisotopic (exact) mass is 270 g/mol. The third-order valence-electron chi connectivity index (χ3n) is 3.72. The van der Waals surface area contributed by atoms with Gasteiger partial charge in [-0.25, -0.2) is 4.79 Å². The number of carbonyl (C=O) groups is 2. The van der Waals surface area contributed by atoms with Crippen molar-refractivity contribution in [3.63, 3.8) is 0 Å². The van der Waals surface area contributed by atoms with Crippen molar-refractivity contribution < 1.29 is 19.4 Å². The number of aliphatic carboxylic acids is 1. The molecule has 2 atom stereocenters. The smallest absolute Gasteiger partial charge is 0.323 e. The first-order chi connectivity index (χ1) is 8.99. The number of nitrogens with one attached hydrogen (secondary N) is 1. The van der Waals surface area contributed by atoms with Crippen LogP contribution in [-0.4, -0.2) is 53.3 Å². The zero-order valence-electron chi connectivity index (χ0n) is 11.5. The van der Waals surface area contributed by atoms with Crippen LogP contribution in [0.1, 0.15) is 33.1 Å². The topological polar surface area (TPSA) is 78.9 Å². The van der Waals surface area contributed by atoms with Crippen molar-refractivity contribution in [2.75, 3.05) is 13.2 Å². The van der Waals surface area contributed by atoms with E-state index in [1.165, 1.54) is 17.7 Å². The maximum Gasteiger partial charge on any atom is 0.323 e. The van der Waals surface area contributed by atoms with Crippen LogP contribution in [0.15, 0.2) is 0 Å². The van der Waals surface area contributed by atoms with Crippen LogP contribution < -0.4 is 5.32 Å². The van der Waals surface area contributed by atoms with E-state index in [1.807, 2.05) is 13.8 Å². The molecule has 1 saturated heterocycles. The lowest BCUT2D eigenvalue weighted by Crippen LogP contribution is -2.51. The van der Waals surface area contributed by atoms with Gasteiger partial charge in [-0.15, -0.1) is 0 Å². The van der Waals surface area contributed by atoms with Crippen LogP contribution in [0, 0.1) is 5.92 Å². The number of hydrogen-bond donors (Lipinski definition) is 2. The van der Waals surface area contributed by atoms with Crippen LogP contribution in [-0.2, 0) is 9.53 Å². The van der Waals surface area contributed by atoms with Gasteiger partial charge in [0, 0.05) is 12.6 Å². The van der Waals surface area contributed by atoms with Crippen LogP contribution in [0.2, 0.25) is 0 Å². The Morgan fingerprint density at radius 1 is 1.37 bits per heavy atom. The summed E-state index contributed by atoms with van der Waals surface area (Å²) in [4.78, 5) is 24.3. The fraction of sp³-hybridized carbons (Fsp3) is 0.846. The molecule has 2 amide bonds. The largest absolute Gasteiger partial charge is 0.480 e. The average Bonchev–Trinajstić information content (AvgIpc) is 3.07. The highest BCUT2D eigenvalue weighted by molar-refractivity contribution is 5.80. The molecule has 2 fully saturated rings. The summed E-state index contributed by atoms with van der Waals surface area (Å²) in [6, 6.07) is -0.425. The summed E-state index contributed by atoms with van der Waals surface area (Å²) in [6.07, 6.45) is 3.26. The molecule has 0 aromatic heterocycles. The highest BCUT2D eigenvalue weighted by Gasteiger charge is 2.41. The predicted molar refractivity (Wildman–Crippen MR) is 68.9 cm³/mol. The lowest BCUT2D eigenvalue weighted by atomic mass is 10.1. The van der Waals surface area contributed by atoms with Crippen molar-refractivity contribution in [2.45, 2.75) is 51.3 Å². The van der Waals surface area contributed by atoms with Crippen molar-refractivity contribution >= 4 is 12.0 Å². The van der Waals surface area contributed by atoms with Gasteiger partial charge in [-0.1, -0.05) is 0 Å². The molecule has 0 aromatic rings. The van der Waals surface area contributed by atoms with Gasteiger partial charge in [0.25, 0.3) is 0 Å². The molecule has 19 heavy (non-hydrogen) atoms. The van der Waals surface area contributed by atoms with E-state index in [-0.39, 0.29) is 30.8 Å². The molecule has 0 spiro atoms. The first-order valence-corrected chi connectivity index (χ1v) is 6.89. The lowest BCUT2D eigenvalue weighted by molar-refractivity contribution is -0.138. The first-order valence-electron chi connectivity index (χ1n) is 6.89. The Labute approximate surface area is 113 Å². The number of nitrogens with zero attached hydrogens (tertiary/aromatic N) is 1. The number of carboxylic acid groups (broad SMARTS) is 1. The minimum atomic E-state index is -0.995. The zero-order valence-corrected chi connectivity index (χ0v) is 11.5. The Kier molecular flexibility index (Phi) is 4.29. The van der Waals surface area contributed by atoms with E-state index in [0.717, 1.165) is 6.42 Å². The van der Waals surface area contributed by atoms with E-state index < -0.39 is 5.97 Å². The molecule has 1 heterocycles. The van der Waals surface area contributed by atoms with Gasteiger partial charge in [0.05, 0.1) is 12.1 Å². The van der Waals surface area contributed by atoms with Crippen LogP contribution in [0.25, 0.3) is 0 Å². The molecule has 108 valence electrons. The molecule has 1 aliphatic heterocycles. The minimum absolute atomic E-state index is 0.0232. The summed E-state index contributed by atoms with van der Waals surface area (Å²) in [7, 11) is 0.